The number of hydrogen-bond donors (Lipinski definition) is 0. The fraction of sp³-hybridized carbons (Fsp3) is 0. The van der Waals surface area contributed by atoms with Gasteiger partial charge in [-0.25, -0.2) is 4.98 Å². The van der Waals surface area contributed by atoms with Gasteiger partial charge in [-0.1, -0.05) is 121 Å². The highest BCUT2D eigenvalue weighted by Gasteiger charge is 2.20. The lowest BCUT2D eigenvalue weighted by Crippen LogP contribution is -1.93. The molecule has 0 atom stereocenters. The Hall–Kier alpha value is -6.49. The smallest absolute Gasteiger partial charge is 0.135 e. The second-order valence-corrected chi connectivity index (χ2v) is 14.1. The first kappa shape index (κ1) is 28.4. The number of thiophene rings is 1. The van der Waals surface area contributed by atoms with Crippen molar-refractivity contribution in [2.75, 3.05) is 0 Å². The molecule has 11 rings (SSSR count). The summed E-state index contributed by atoms with van der Waals surface area (Å²) in [5, 5.41) is 7.32. The van der Waals surface area contributed by atoms with E-state index in [-0.39, 0.29) is 0 Å². The highest BCUT2D eigenvalue weighted by atomic mass is 32.1. The van der Waals surface area contributed by atoms with Crippen molar-refractivity contribution in [1.29, 1.82) is 0 Å². The van der Waals surface area contributed by atoms with Gasteiger partial charge in [0.05, 0.1) is 22.4 Å². The summed E-state index contributed by atoms with van der Waals surface area (Å²) in [7, 11) is 0. The Bertz CT molecular complexity index is 3070. The fourth-order valence-corrected chi connectivity index (χ4v) is 9.24. The van der Waals surface area contributed by atoms with E-state index in [1.54, 1.807) is 0 Å². The first-order valence-corrected chi connectivity index (χ1v) is 18.0. The van der Waals surface area contributed by atoms with E-state index in [1.807, 2.05) is 23.5 Å². The van der Waals surface area contributed by atoms with E-state index in [9.17, 15) is 0 Å². The van der Waals surface area contributed by atoms with Gasteiger partial charge in [0.2, 0.25) is 0 Å². The Balaban J connectivity index is 1.17. The van der Waals surface area contributed by atoms with Gasteiger partial charge in [0, 0.05) is 58.5 Å². The molecule has 51 heavy (non-hydrogen) atoms. The predicted molar refractivity (Wildman–Crippen MR) is 215 cm³/mol. The Morgan fingerprint density at radius 3 is 1.98 bits per heavy atom. The number of hydrogen-bond acceptors (Lipinski definition) is 3. The van der Waals surface area contributed by atoms with Gasteiger partial charge in [0.25, 0.3) is 0 Å². The summed E-state index contributed by atoms with van der Waals surface area (Å²) in [6.07, 6.45) is 0. The number of rotatable bonds is 4. The molecule has 0 unspecified atom stereocenters. The maximum Gasteiger partial charge on any atom is 0.135 e. The summed E-state index contributed by atoms with van der Waals surface area (Å²) < 4.78 is 11.1. The van der Waals surface area contributed by atoms with Crippen molar-refractivity contribution in [2.24, 2.45) is 0 Å². The van der Waals surface area contributed by atoms with Crippen molar-refractivity contribution in [3.63, 3.8) is 0 Å². The summed E-state index contributed by atoms with van der Waals surface area (Å²) in [5.74, 6) is 0. The van der Waals surface area contributed by atoms with E-state index < -0.39 is 0 Å². The van der Waals surface area contributed by atoms with E-state index in [0.717, 1.165) is 55.7 Å². The minimum Gasteiger partial charge on any atom is -0.456 e. The standard InChI is InChI=1S/C47H28N2OS/c1-3-12-29(13-4-1)31-26-39(30-14-5-2-6-15-30)48-40(27-31)36-19-11-18-34-35-23-24-42-45(47(35)51-46(34)36)37-17-7-9-20-41(37)49(42)32-22-25-44-38(28-32)33-16-8-10-21-43(33)50-44/h1-28H. The van der Waals surface area contributed by atoms with Gasteiger partial charge in [-0.3, -0.25) is 0 Å². The monoisotopic (exact) mass is 668 g/mol. The fourth-order valence-electron chi connectivity index (χ4n) is 7.86. The van der Waals surface area contributed by atoms with Crippen molar-refractivity contribution in [2.45, 2.75) is 0 Å². The molecule has 0 bridgehead atoms. The molecular weight excluding hydrogens is 641 g/mol. The topological polar surface area (TPSA) is 31.0 Å². The number of para-hydroxylation sites is 2. The highest BCUT2D eigenvalue weighted by molar-refractivity contribution is 7.27. The van der Waals surface area contributed by atoms with E-state index in [0.29, 0.717) is 0 Å². The van der Waals surface area contributed by atoms with Crippen LogP contribution < -0.4 is 0 Å². The summed E-state index contributed by atoms with van der Waals surface area (Å²) in [6, 6.07) is 60.5. The van der Waals surface area contributed by atoms with Gasteiger partial charge in [-0.15, -0.1) is 11.3 Å². The lowest BCUT2D eigenvalue weighted by Gasteiger charge is -2.11. The first-order valence-electron chi connectivity index (χ1n) is 17.2. The number of aromatic nitrogens is 2. The van der Waals surface area contributed by atoms with Crippen molar-refractivity contribution < 1.29 is 4.42 Å². The molecule has 3 nitrogen and oxygen atoms in total. The van der Waals surface area contributed by atoms with Gasteiger partial charge in [-0.2, -0.15) is 0 Å². The zero-order valence-electron chi connectivity index (χ0n) is 27.4. The van der Waals surface area contributed by atoms with Crippen LogP contribution in [0.15, 0.2) is 174 Å². The largest absolute Gasteiger partial charge is 0.456 e. The van der Waals surface area contributed by atoms with Crippen LogP contribution in [-0.2, 0) is 0 Å². The van der Waals surface area contributed by atoms with E-state index in [1.165, 1.54) is 47.5 Å². The van der Waals surface area contributed by atoms with Crippen LogP contribution in [0.2, 0.25) is 0 Å². The third-order valence-corrected chi connectivity index (χ3v) is 11.5. The van der Waals surface area contributed by atoms with E-state index in [2.05, 4.69) is 162 Å². The summed E-state index contributed by atoms with van der Waals surface area (Å²) >= 11 is 1.88. The molecule has 0 N–H and O–H groups in total. The number of benzene rings is 7. The molecule has 0 amide bonds. The molecule has 0 fully saturated rings. The van der Waals surface area contributed by atoms with Crippen LogP contribution in [0, 0.1) is 0 Å². The molecule has 7 aromatic carbocycles. The summed E-state index contributed by atoms with van der Waals surface area (Å²) in [4.78, 5) is 5.31. The molecule has 0 saturated carbocycles. The molecule has 4 aromatic heterocycles. The molecule has 238 valence electrons. The quantitative estimate of drug-likeness (QED) is 0.187. The van der Waals surface area contributed by atoms with Gasteiger partial charge in [0.15, 0.2) is 0 Å². The Kier molecular flexibility index (Phi) is 6.12. The van der Waals surface area contributed by atoms with Crippen LogP contribution >= 0.6 is 11.3 Å². The van der Waals surface area contributed by atoms with Crippen LogP contribution in [-0.4, -0.2) is 9.55 Å². The molecular formula is C47H28N2OS. The zero-order valence-corrected chi connectivity index (χ0v) is 28.2. The molecule has 0 aliphatic heterocycles. The Morgan fingerprint density at radius 2 is 1.12 bits per heavy atom. The normalized spacial score (nSPS) is 11.9. The average Bonchev–Trinajstić information content (AvgIpc) is 3.87. The van der Waals surface area contributed by atoms with Gasteiger partial charge in [0.1, 0.15) is 11.2 Å². The molecule has 0 aliphatic carbocycles. The van der Waals surface area contributed by atoms with Gasteiger partial charge >= 0.3 is 0 Å². The van der Waals surface area contributed by atoms with E-state index in [4.69, 9.17) is 9.40 Å². The maximum atomic E-state index is 6.19. The van der Waals surface area contributed by atoms with Crippen LogP contribution in [0.4, 0.5) is 0 Å². The Morgan fingerprint density at radius 1 is 0.431 bits per heavy atom. The molecule has 0 spiro atoms. The highest BCUT2D eigenvalue weighted by Crippen LogP contribution is 2.46. The SMILES string of the molecule is c1ccc(-c2cc(-c3ccccc3)nc(-c3cccc4c3sc3c4ccc4c3c3ccccc3n4-c3ccc4oc5ccccc5c4c3)c2)cc1. The molecule has 4 heteroatoms. The van der Waals surface area contributed by atoms with E-state index >= 15 is 0 Å². The Labute approximate surface area is 297 Å². The van der Waals surface area contributed by atoms with Crippen LogP contribution in [0.3, 0.4) is 0 Å². The van der Waals surface area contributed by atoms with Crippen molar-refractivity contribution in [3.05, 3.63) is 170 Å². The minimum atomic E-state index is 0.903. The lowest BCUT2D eigenvalue weighted by atomic mass is 9.99. The maximum absolute atomic E-state index is 6.19. The molecule has 0 radical (unpaired) electrons. The summed E-state index contributed by atoms with van der Waals surface area (Å²) in [5.41, 5.74) is 11.9. The second kappa shape index (κ2) is 11.0. The number of furan rings is 1. The van der Waals surface area contributed by atoms with Crippen molar-refractivity contribution in [3.8, 4) is 39.3 Å². The third-order valence-electron chi connectivity index (χ3n) is 10.2. The van der Waals surface area contributed by atoms with Crippen molar-refractivity contribution >= 4 is 75.3 Å². The predicted octanol–water partition coefficient (Wildman–Crippen LogP) is 13.4. The molecule has 0 aliphatic rings. The van der Waals surface area contributed by atoms with Crippen LogP contribution in [0.1, 0.15) is 0 Å². The number of nitrogens with zero attached hydrogens (tertiary/aromatic N) is 2. The average molecular weight is 669 g/mol. The van der Waals surface area contributed by atoms with Gasteiger partial charge < -0.3 is 8.98 Å². The molecule has 4 heterocycles. The van der Waals surface area contributed by atoms with Crippen molar-refractivity contribution in [1.82, 2.24) is 9.55 Å². The van der Waals surface area contributed by atoms with Gasteiger partial charge in [-0.05, 0) is 59.7 Å². The molecule has 0 saturated heterocycles. The lowest BCUT2D eigenvalue weighted by molar-refractivity contribution is 0.669. The second-order valence-electron chi connectivity index (χ2n) is 13.1. The summed E-state index contributed by atoms with van der Waals surface area (Å²) in [6.45, 7) is 0. The van der Waals surface area contributed by atoms with Crippen LogP contribution in [0.5, 0.6) is 0 Å². The first-order chi connectivity index (χ1) is 25.3. The number of pyridine rings is 1. The van der Waals surface area contributed by atoms with Crippen LogP contribution in [0.25, 0.3) is 103 Å². The zero-order chi connectivity index (χ0) is 33.5. The minimum absolute atomic E-state index is 0.903. The molecule has 11 aromatic rings. The number of fused-ring (bicyclic) bond motifs is 10. The third kappa shape index (κ3) is 4.33.